The van der Waals surface area contributed by atoms with Crippen LogP contribution < -0.4 is 0 Å². The van der Waals surface area contributed by atoms with Crippen molar-refractivity contribution in [2.75, 3.05) is 0 Å². The van der Waals surface area contributed by atoms with Gasteiger partial charge in [-0.1, -0.05) is 56.5 Å². The number of epoxide rings is 1. The van der Waals surface area contributed by atoms with Gasteiger partial charge in [0.25, 0.3) is 0 Å². The third-order valence-electron chi connectivity index (χ3n) is 3.36. The van der Waals surface area contributed by atoms with Crippen molar-refractivity contribution in [2.24, 2.45) is 0 Å². The molecule has 1 aliphatic rings. The molecule has 2 atom stereocenters. The largest absolute Gasteiger partial charge is 0.361 e. The first-order chi connectivity index (χ1) is 7.27. The lowest BCUT2D eigenvalue weighted by Crippen LogP contribution is -2.07. The molecule has 1 aromatic carbocycles. The van der Waals surface area contributed by atoms with Crippen molar-refractivity contribution in [1.82, 2.24) is 0 Å². The van der Waals surface area contributed by atoms with E-state index in [0.29, 0.717) is 6.10 Å². The van der Waals surface area contributed by atoms with Crippen LogP contribution in [0.15, 0.2) is 30.3 Å². The lowest BCUT2D eigenvalue weighted by Gasteiger charge is -2.06. The average molecular weight is 204 g/mol. The van der Waals surface area contributed by atoms with Gasteiger partial charge in [-0.2, -0.15) is 0 Å². The van der Waals surface area contributed by atoms with Crippen LogP contribution in [0.1, 0.15) is 45.1 Å². The van der Waals surface area contributed by atoms with Crippen LogP contribution in [0, 0.1) is 0 Å². The van der Waals surface area contributed by atoms with Crippen LogP contribution in [0.3, 0.4) is 0 Å². The summed E-state index contributed by atoms with van der Waals surface area (Å²) in [6.07, 6.45) is 5.56. The standard InChI is InChI=1S/C14H20O/c1-3-4-6-11-13-14(2,15-13)12-9-7-5-8-10-12/h5,7-10,13H,3-4,6,11H2,1-2H3/t13-,14-/m1/s1. The monoisotopic (exact) mass is 204 g/mol. The maximum absolute atomic E-state index is 5.84. The van der Waals surface area contributed by atoms with Crippen molar-refractivity contribution in [3.8, 4) is 0 Å². The molecule has 1 heterocycles. The summed E-state index contributed by atoms with van der Waals surface area (Å²) in [5, 5.41) is 0. The molecule has 82 valence electrons. The number of hydrogen-bond acceptors (Lipinski definition) is 1. The minimum absolute atomic E-state index is 0.00893. The minimum atomic E-state index is 0.00893. The van der Waals surface area contributed by atoms with Gasteiger partial charge in [0.1, 0.15) is 5.60 Å². The molecular formula is C14H20O. The smallest absolute Gasteiger partial charge is 0.117 e. The molecule has 0 aliphatic carbocycles. The van der Waals surface area contributed by atoms with Crippen molar-refractivity contribution < 1.29 is 4.74 Å². The van der Waals surface area contributed by atoms with E-state index in [0.717, 1.165) is 0 Å². The molecule has 1 aliphatic heterocycles. The van der Waals surface area contributed by atoms with Crippen molar-refractivity contribution in [3.05, 3.63) is 35.9 Å². The van der Waals surface area contributed by atoms with Crippen molar-refractivity contribution in [1.29, 1.82) is 0 Å². The van der Waals surface area contributed by atoms with E-state index in [-0.39, 0.29) is 5.60 Å². The highest BCUT2D eigenvalue weighted by Gasteiger charge is 2.52. The maximum atomic E-state index is 5.84. The van der Waals surface area contributed by atoms with E-state index in [1.165, 1.54) is 31.2 Å². The Hall–Kier alpha value is -0.820. The van der Waals surface area contributed by atoms with Crippen LogP contribution in [0.2, 0.25) is 0 Å². The molecule has 0 N–H and O–H groups in total. The molecule has 1 heteroatoms. The van der Waals surface area contributed by atoms with Gasteiger partial charge in [0.05, 0.1) is 6.10 Å². The third-order valence-corrected chi connectivity index (χ3v) is 3.36. The van der Waals surface area contributed by atoms with Crippen LogP contribution in [0.4, 0.5) is 0 Å². The van der Waals surface area contributed by atoms with E-state index in [4.69, 9.17) is 4.74 Å². The zero-order valence-corrected chi connectivity index (χ0v) is 9.70. The van der Waals surface area contributed by atoms with Crippen molar-refractivity contribution >= 4 is 0 Å². The molecule has 2 rings (SSSR count). The van der Waals surface area contributed by atoms with Crippen molar-refractivity contribution in [3.63, 3.8) is 0 Å². The molecular weight excluding hydrogens is 184 g/mol. The summed E-state index contributed by atoms with van der Waals surface area (Å²) in [6, 6.07) is 10.6. The number of ether oxygens (including phenoxy) is 1. The van der Waals surface area contributed by atoms with Gasteiger partial charge in [-0.3, -0.25) is 0 Å². The van der Waals surface area contributed by atoms with E-state index in [1.54, 1.807) is 0 Å². The van der Waals surface area contributed by atoms with Gasteiger partial charge in [0, 0.05) is 0 Å². The van der Waals surface area contributed by atoms with Crippen LogP contribution in [-0.2, 0) is 10.3 Å². The second kappa shape index (κ2) is 4.36. The molecule has 0 unspecified atom stereocenters. The summed E-state index contributed by atoms with van der Waals surface area (Å²) < 4.78 is 5.84. The molecule has 1 aromatic rings. The second-order valence-corrected chi connectivity index (χ2v) is 4.58. The van der Waals surface area contributed by atoms with Gasteiger partial charge >= 0.3 is 0 Å². The summed E-state index contributed by atoms with van der Waals surface area (Å²) in [5.41, 5.74) is 1.33. The molecule has 1 nitrogen and oxygen atoms in total. The highest BCUT2D eigenvalue weighted by Crippen LogP contribution is 2.48. The first kappa shape index (κ1) is 10.7. The van der Waals surface area contributed by atoms with Crippen molar-refractivity contribution in [2.45, 2.75) is 51.2 Å². The van der Waals surface area contributed by atoms with E-state index >= 15 is 0 Å². The van der Waals surface area contributed by atoms with E-state index in [1.807, 2.05) is 0 Å². The summed E-state index contributed by atoms with van der Waals surface area (Å²) >= 11 is 0. The van der Waals surface area contributed by atoms with Gasteiger partial charge in [-0.15, -0.1) is 0 Å². The summed E-state index contributed by atoms with van der Waals surface area (Å²) in [4.78, 5) is 0. The third kappa shape index (κ3) is 2.23. The Balaban J connectivity index is 1.90. The van der Waals surface area contributed by atoms with Crippen LogP contribution >= 0.6 is 0 Å². The Morgan fingerprint density at radius 2 is 1.93 bits per heavy atom. The predicted molar refractivity (Wildman–Crippen MR) is 62.8 cm³/mol. The lowest BCUT2D eigenvalue weighted by molar-refractivity contribution is 0.307. The van der Waals surface area contributed by atoms with Gasteiger partial charge < -0.3 is 4.74 Å². The lowest BCUT2D eigenvalue weighted by atomic mass is 9.95. The molecule has 1 fully saturated rings. The van der Waals surface area contributed by atoms with Gasteiger partial charge in [-0.25, -0.2) is 0 Å². The fraction of sp³-hybridized carbons (Fsp3) is 0.571. The molecule has 0 radical (unpaired) electrons. The highest BCUT2D eigenvalue weighted by molar-refractivity contribution is 5.27. The average Bonchev–Trinajstić information content (AvgIpc) is 2.93. The summed E-state index contributed by atoms with van der Waals surface area (Å²) in [5.74, 6) is 0. The number of rotatable bonds is 5. The maximum Gasteiger partial charge on any atom is 0.117 e. The minimum Gasteiger partial charge on any atom is -0.361 e. The predicted octanol–water partition coefficient (Wildman–Crippen LogP) is 3.88. The zero-order valence-electron chi connectivity index (χ0n) is 9.70. The zero-order chi connectivity index (χ0) is 10.7. The molecule has 15 heavy (non-hydrogen) atoms. The second-order valence-electron chi connectivity index (χ2n) is 4.58. The van der Waals surface area contributed by atoms with E-state index < -0.39 is 0 Å². The van der Waals surface area contributed by atoms with Gasteiger partial charge in [0.15, 0.2) is 0 Å². The fourth-order valence-electron chi connectivity index (χ4n) is 2.20. The molecule has 1 saturated heterocycles. The Labute approximate surface area is 92.5 Å². The molecule has 0 saturated carbocycles. The quantitative estimate of drug-likeness (QED) is 0.524. The number of hydrogen-bond donors (Lipinski definition) is 0. The van der Waals surface area contributed by atoms with E-state index in [9.17, 15) is 0 Å². The van der Waals surface area contributed by atoms with Crippen LogP contribution in [0.5, 0.6) is 0 Å². The SMILES string of the molecule is CCCCC[C@H]1O[C@]1(C)c1ccccc1. The summed E-state index contributed by atoms with van der Waals surface area (Å²) in [7, 11) is 0. The van der Waals surface area contributed by atoms with Crippen LogP contribution in [0.25, 0.3) is 0 Å². The number of benzene rings is 1. The van der Waals surface area contributed by atoms with E-state index in [2.05, 4.69) is 44.2 Å². The van der Waals surface area contributed by atoms with Gasteiger partial charge in [0.2, 0.25) is 0 Å². The highest BCUT2D eigenvalue weighted by atomic mass is 16.6. The first-order valence-corrected chi connectivity index (χ1v) is 6.00. The fourth-order valence-corrected chi connectivity index (χ4v) is 2.20. The molecule has 0 spiro atoms. The van der Waals surface area contributed by atoms with Gasteiger partial charge in [-0.05, 0) is 18.9 Å². The Kier molecular flexibility index (Phi) is 3.11. The Morgan fingerprint density at radius 3 is 2.60 bits per heavy atom. The molecule has 0 bridgehead atoms. The molecule has 0 aromatic heterocycles. The first-order valence-electron chi connectivity index (χ1n) is 6.00. The topological polar surface area (TPSA) is 12.5 Å². The normalized spacial score (nSPS) is 29.1. The Bertz CT molecular complexity index is 306. The molecule has 0 amide bonds. The Morgan fingerprint density at radius 1 is 1.20 bits per heavy atom. The van der Waals surface area contributed by atoms with Crippen LogP contribution in [-0.4, -0.2) is 6.10 Å². The number of unbranched alkanes of at least 4 members (excludes halogenated alkanes) is 2. The summed E-state index contributed by atoms with van der Waals surface area (Å²) in [6.45, 7) is 4.45.